The molecule has 4 aromatic rings. The molecule has 59 heavy (non-hydrogen) atoms. The lowest BCUT2D eigenvalue weighted by molar-refractivity contribution is -0.135. The van der Waals surface area contributed by atoms with E-state index in [0.29, 0.717) is 42.0 Å². The second kappa shape index (κ2) is 17.0. The SMILES string of the molecule is C=C(/C=N\C(=C/C)N1CCC(CN2C3CCC2CN(c2nnc(-c4cnc(-c5ccc6cc(C#N)cnn56)cc4NC4CCOCC4)s2)C3)CC1)[C@@H]1CCC(=O)NC1=O. The van der Waals surface area contributed by atoms with Gasteiger partial charge in [0.25, 0.3) is 0 Å². The average molecular weight is 815 g/mol. The lowest BCUT2D eigenvalue weighted by Gasteiger charge is -2.43. The molecule has 9 heterocycles. The van der Waals surface area contributed by atoms with Crippen molar-refractivity contribution in [1.82, 2.24) is 39.9 Å². The normalized spacial score (nSPS) is 23.6. The third kappa shape index (κ3) is 8.24. The molecule has 2 N–H and O–H groups in total. The molecule has 2 bridgehead atoms. The molecule has 0 spiro atoms. The van der Waals surface area contributed by atoms with Crippen molar-refractivity contribution in [2.24, 2.45) is 16.8 Å². The van der Waals surface area contributed by atoms with E-state index in [9.17, 15) is 14.9 Å². The predicted molar refractivity (Wildman–Crippen MR) is 227 cm³/mol. The molecule has 3 atom stereocenters. The zero-order valence-corrected chi connectivity index (χ0v) is 34.2. The van der Waals surface area contributed by atoms with Gasteiger partial charge in [-0.1, -0.05) is 17.9 Å². The summed E-state index contributed by atoms with van der Waals surface area (Å²) in [6.07, 6.45) is 14.5. The molecule has 16 heteroatoms. The molecule has 5 aliphatic rings. The van der Waals surface area contributed by atoms with Gasteiger partial charge in [-0.2, -0.15) is 10.4 Å². The summed E-state index contributed by atoms with van der Waals surface area (Å²) >= 11 is 1.64. The number of carbonyl (C=O) groups excluding carboxylic acids is 2. The molecule has 5 aliphatic heterocycles. The fourth-order valence-electron chi connectivity index (χ4n) is 9.37. The number of pyridine rings is 1. The maximum absolute atomic E-state index is 12.3. The molecular weight excluding hydrogens is 765 g/mol. The van der Waals surface area contributed by atoms with Crippen LogP contribution in [-0.4, -0.2) is 117 Å². The third-order valence-corrected chi connectivity index (χ3v) is 13.7. The fraction of sp³-hybridized carbons (Fsp3) is 0.488. The van der Waals surface area contributed by atoms with Crippen molar-refractivity contribution in [2.75, 3.05) is 56.2 Å². The van der Waals surface area contributed by atoms with Crippen LogP contribution in [0.3, 0.4) is 0 Å². The number of imide groups is 1. The number of ether oxygens (including phenoxy) is 1. The monoisotopic (exact) mass is 814 g/mol. The number of carbonyl (C=O) groups is 2. The molecule has 5 fully saturated rings. The number of aromatic nitrogens is 5. The maximum Gasteiger partial charge on any atom is 0.234 e. The van der Waals surface area contributed by atoms with E-state index >= 15 is 0 Å². The number of nitrogens with zero attached hydrogens (tertiary/aromatic N) is 10. The molecular formula is C43H50N12O3S. The summed E-state index contributed by atoms with van der Waals surface area (Å²) in [5.41, 5.74) is 5.54. The highest BCUT2D eigenvalue weighted by Crippen LogP contribution is 2.40. The first-order valence-electron chi connectivity index (χ1n) is 20.9. The number of likely N-dealkylation sites (tertiary alicyclic amines) is 1. The Kier molecular flexibility index (Phi) is 11.2. The minimum absolute atomic E-state index is 0.224. The lowest BCUT2D eigenvalue weighted by atomic mass is 9.92. The summed E-state index contributed by atoms with van der Waals surface area (Å²) in [5, 5.41) is 31.4. The molecule has 0 aromatic carbocycles. The summed E-state index contributed by atoms with van der Waals surface area (Å²) in [6, 6.07) is 11.3. The van der Waals surface area contributed by atoms with Crippen molar-refractivity contribution in [2.45, 2.75) is 76.4 Å². The Balaban J connectivity index is 0.836. The van der Waals surface area contributed by atoms with Crippen LogP contribution in [0.5, 0.6) is 0 Å². The minimum atomic E-state index is -0.407. The van der Waals surface area contributed by atoms with Crippen molar-refractivity contribution in [1.29, 1.82) is 5.26 Å². The van der Waals surface area contributed by atoms with Crippen LogP contribution in [0.2, 0.25) is 0 Å². The number of rotatable bonds is 11. The number of amides is 2. The van der Waals surface area contributed by atoms with Gasteiger partial charge in [0.2, 0.25) is 16.9 Å². The minimum Gasteiger partial charge on any atom is -0.381 e. The van der Waals surface area contributed by atoms with Crippen molar-refractivity contribution in [3.63, 3.8) is 0 Å². The second-order valence-electron chi connectivity index (χ2n) is 16.3. The number of hydrogen-bond acceptors (Lipinski definition) is 14. The largest absolute Gasteiger partial charge is 0.381 e. The van der Waals surface area contributed by atoms with E-state index in [4.69, 9.17) is 24.9 Å². The first-order chi connectivity index (χ1) is 28.8. The highest BCUT2D eigenvalue weighted by atomic mass is 32.1. The van der Waals surface area contributed by atoms with Gasteiger partial charge in [0.15, 0.2) is 5.01 Å². The molecule has 0 saturated carbocycles. The summed E-state index contributed by atoms with van der Waals surface area (Å²) in [7, 11) is 0. The Bertz CT molecular complexity index is 2320. The van der Waals surface area contributed by atoms with Crippen LogP contribution in [-0.2, 0) is 14.3 Å². The molecule has 2 unspecified atom stereocenters. The Morgan fingerprint density at radius 2 is 1.86 bits per heavy atom. The number of fused-ring (bicyclic) bond motifs is 3. The Hall–Kier alpha value is -5.50. The molecule has 0 radical (unpaired) electrons. The first kappa shape index (κ1) is 39.0. The summed E-state index contributed by atoms with van der Waals surface area (Å²) in [5.74, 6) is 0.619. The van der Waals surface area contributed by atoms with E-state index in [1.165, 1.54) is 12.8 Å². The number of piperidine rings is 2. The molecule has 306 valence electrons. The molecule has 5 saturated heterocycles. The molecule has 9 rings (SSSR count). The molecule has 0 aliphatic carbocycles. The average Bonchev–Trinajstić information content (AvgIpc) is 3.97. The Labute approximate surface area is 347 Å². The van der Waals surface area contributed by atoms with Crippen LogP contribution in [0.4, 0.5) is 10.8 Å². The van der Waals surface area contributed by atoms with Gasteiger partial charge >= 0.3 is 0 Å². The number of anilines is 2. The fourth-order valence-corrected chi connectivity index (χ4v) is 10.3. The number of hydrogen-bond donors (Lipinski definition) is 2. The van der Waals surface area contributed by atoms with Gasteiger partial charge in [0.1, 0.15) is 11.9 Å². The summed E-state index contributed by atoms with van der Waals surface area (Å²) < 4.78 is 7.48. The highest BCUT2D eigenvalue weighted by Gasteiger charge is 2.42. The van der Waals surface area contributed by atoms with Gasteiger partial charge in [-0.05, 0) is 93.7 Å². The third-order valence-electron chi connectivity index (χ3n) is 12.6. The molecule has 15 nitrogen and oxygen atoms in total. The number of allylic oxidation sites excluding steroid dienone is 1. The maximum atomic E-state index is 12.3. The van der Waals surface area contributed by atoms with E-state index in [1.807, 2.05) is 41.9 Å². The summed E-state index contributed by atoms with van der Waals surface area (Å²) in [4.78, 5) is 41.1. The molecule has 4 aromatic heterocycles. The smallest absolute Gasteiger partial charge is 0.234 e. The predicted octanol–water partition coefficient (Wildman–Crippen LogP) is 5.28. The number of nitriles is 1. The van der Waals surface area contributed by atoms with E-state index in [2.05, 4.69) is 49.1 Å². The van der Waals surface area contributed by atoms with Gasteiger partial charge in [-0.15, -0.1) is 10.2 Å². The van der Waals surface area contributed by atoms with Gasteiger partial charge < -0.3 is 19.9 Å². The standard InChI is InChI=1S/C43H50N12O3S/c1-3-39(46-21-27(2)34-7-9-40(56)49-41(34)57)52-14-10-28(11-15-52)24-54-32-4-5-33(54)26-53(25-32)43-51-50-42(59-43)35-23-45-37(19-36(35)48-30-12-16-58-17-13-30)38-8-6-31-18-29(20-44)22-47-55(31)38/h3,6,8,18-19,21-23,28,30,32-34H,2,4-5,7,9-17,24-26H2,1H3,(H,45,48)(H,49,56,57)/b39-3+,46-21-/t32?,33?,34-/m0/s1. The van der Waals surface area contributed by atoms with E-state index in [1.54, 1.807) is 23.7 Å². The Morgan fingerprint density at radius 1 is 1.07 bits per heavy atom. The second-order valence-corrected chi connectivity index (χ2v) is 17.3. The number of aliphatic imine (C=N–C) groups is 1. The highest BCUT2D eigenvalue weighted by molar-refractivity contribution is 7.18. The van der Waals surface area contributed by atoms with Gasteiger partial charge in [-0.25, -0.2) is 9.51 Å². The van der Waals surface area contributed by atoms with Crippen molar-refractivity contribution >= 4 is 45.7 Å². The zero-order valence-electron chi connectivity index (χ0n) is 33.4. The number of piperazine rings is 1. The van der Waals surface area contributed by atoms with Crippen LogP contribution in [0.15, 0.2) is 65.7 Å². The topological polar surface area (TPSA) is 169 Å². The van der Waals surface area contributed by atoms with E-state index in [0.717, 1.165) is 116 Å². The quantitative estimate of drug-likeness (QED) is 0.149. The van der Waals surface area contributed by atoms with Gasteiger partial charge in [0.05, 0.1) is 40.1 Å². The van der Waals surface area contributed by atoms with E-state index < -0.39 is 5.92 Å². The van der Waals surface area contributed by atoms with Crippen molar-refractivity contribution in [3.8, 4) is 28.0 Å². The summed E-state index contributed by atoms with van der Waals surface area (Å²) in [6.45, 7) is 12.4. The van der Waals surface area contributed by atoms with Gasteiger partial charge in [0, 0.05) is 88.6 Å². The first-order valence-corrected chi connectivity index (χ1v) is 21.7. The zero-order chi connectivity index (χ0) is 40.5. The van der Waals surface area contributed by atoms with Crippen LogP contribution in [0.1, 0.15) is 63.9 Å². The van der Waals surface area contributed by atoms with Crippen molar-refractivity contribution in [3.05, 3.63) is 66.3 Å². The van der Waals surface area contributed by atoms with Crippen LogP contribution >= 0.6 is 11.3 Å². The van der Waals surface area contributed by atoms with E-state index in [-0.39, 0.29) is 17.9 Å². The number of nitrogens with one attached hydrogen (secondary N) is 2. The lowest BCUT2D eigenvalue weighted by Crippen LogP contribution is -2.55. The van der Waals surface area contributed by atoms with Crippen LogP contribution in [0, 0.1) is 23.2 Å². The van der Waals surface area contributed by atoms with Gasteiger partial charge in [-0.3, -0.25) is 24.8 Å². The van der Waals surface area contributed by atoms with Crippen LogP contribution in [0.25, 0.3) is 27.5 Å². The molecule has 2 amide bonds. The Morgan fingerprint density at radius 3 is 2.61 bits per heavy atom. The van der Waals surface area contributed by atoms with Crippen molar-refractivity contribution < 1.29 is 14.3 Å². The van der Waals surface area contributed by atoms with Crippen LogP contribution < -0.4 is 15.5 Å².